The third kappa shape index (κ3) is 3.55. The quantitative estimate of drug-likeness (QED) is 0.878. The lowest BCUT2D eigenvalue weighted by molar-refractivity contribution is 0.402. The number of rotatable bonds is 5. The number of nitrogens with one attached hydrogen (secondary N) is 1. The maximum atomic E-state index is 13.6. The summed E-state index contributed by atoms with van der Waals surface area (Å²) in [6.45, 7) is 4.72. The van der Waals surface area contributed by atoms with Crippen LogP contribution in [0.2, 0.25) is 5.02 Å². The number of hydrogen-bond acceptors (Lipinski definition) is 2. The molecule has 0 amide bonds. The number of ether oxygens (including phenoxy) is 1. The highest BCUT2D eigenvalue weighted by molar-refractivity contribution is 6.31. The Morgan fingerprint density at radius 1 is 1.19 bits per heavy atom. The lowest BCUT2D eigenvalue weighted by atomic mass is 9.96. The Labute approximate surface area is 129 Å². The first-order chi connectivity index (χ1) is 10.1. The first-order valence-corrected chi connectivity index (χ1v) is 7.27. The smallest absolute Gasteiger partial charge is 0.124 e. The molecule has 0 heterocycles. The molecule has 0 saturated heterocycles. The number of hydrogen-bond donors (Lipinski definition) is 1. The molecule has 0 saturated carbocycles. The summed E-state index contributed by atoms with van der Waals surface area (Å²) in [7, 11) is 1.58. The van der Waals surface area contributed by atoms with Gasteiger partial charge in [-0.2, -0.15) is 0 Å². The Bertz CT molecular complexity index is 630. The predicted octanol–water partition coefficient (Wildman–Crippen LogP) is 4.50. The fourth-order valence-electron chi connectivity index (χ4n) is 2.39. The summed E-state index contributed by atoms with van der Waals surface area (Å²) in [6, 6.07) is 10.2. The topological polar surface area (TPSA) is 21.3 Å². The van der Waals surface area contributed by atoms with Crippen molar-refractivity contribution >= 4 is 11.6 Å². The van der Waals surface area contributed by atoms with Crippen LogP contribution in [0.15, 0.2) is 36.4 Å². The average Bonchev–Trinajstić information content (AvgIpc) is 2.45. The molecule has 21 heavy (non-hydrogen) atoms. The van der Waals surface area contributed by atoms with E-state index in [2.05, 4.69) is 5.32 Å². The fourth-order valence-corrected chi connectivity index (χ4v) is 2.73. The van der Waals surface area contributed by atoms with Crippen molar-refractivity contribution in [2.24, 2.45) is 0 Å². The molecule has 1 N–H and O–H groups in total. The van der Waals surface area contributed by atoms with Crippen molar-refractivity contribution in [3.8, 4) is 5.75 Å². The van der Waals surface area contributed by atoms with E-state index >= 15 is 0 Å². The summed E-state index contributed by atoms with van der Waals surface area (Å²) in [5.41, 5.74) is 2.74. The molecule has 0 fully saturated rings. The van der Waals surface area contributed by atoms with Crippen LogP contribution in [-0.2, 0) is 0 Å². The van der Waals surface area contributed by atoms with Crippen LogP contribution in [0.4, 0.5) is 4.39 Å². The molecule has 1 atom stereocenters. The molecule has 0 aromatic heterocycles. The van der Waals surface area contributed by atoms with Gasteiger partial charge in [0.25, 0.3) is 0 Å². The minimum atomic E-state index is -0.295. The Hall–Kier alpha value is -1.58. The van der Waals surface area contributed by atoms with E-state index in [-0.39, 0.29) is 11.9 Å². The van der Waals surface area contributed by atoms with Gasteiger partial charge in [-0.05, 0) is 48.9 Å². The highest BCUT2D eigenvalue weighted by Gasteiger charge is 2.20. The minimum absolute atomic E-state index is 0.214. The van der Waals surface area contributed by atoms with Gasteiger partial charge in [-0.3, -0.25) is 0 Å². The Kier molecular flexibility index (Phi) is 5.21. The maximum Gasteiger partial charge on any atom is 0.124 e. The third-order valence-electron chi connectivity index (χ3n) is 3.38. The summed E-state index contributed by atoms with van der Waals surface area (Å²) >= 11 is 6.37. The van der Waals surface area contributed by atoms with Crippen molar-refractivity contribution < 1.29 is 9.13 Å². The van der Waals surface area contributed by atoms with E-state index in [9.17, 15) is 4.39 Å². The number of halogens is 2. The van der Waals surface area contributed by atoms with Crippen molar-refractivity contribution in [3.63, 3.8) is 0 Å². The van der Waals surface area contributed by atoms with Gasteiger partial charge >= 0.3 is 0 Å². The van der Waals surface area contributed by atoms with Gasteiger partial charge in [-0.25, -0.2) is 4.39 Å². The molecule has 112 valence electrons. The lowest BCUT2D eigenvalue weighted by Crippen LogP contribution is -2.23. The van der Waals surface area contributed by atoms with Crippen molar-refractivity contribution in [2.75, 3.05) is 13.7 Å². The first-order valence-electron chi connectivity index (χ1n) is 6.89. The average molecular weight is 308 g/mol. The van der Waals surface area contributed by atoms with Gasteiger partial charge in [0.1, 0.15) is 11.6 Å². The standard InChI is InChI=1S/C17H19ClFNO/c1-4-20-17(13-7-5-11(2)9-15(13)18)14-10-12(19)6-8-16(14)21-3/h5-10,17,20H,4H2,1-3H3. The van der Waals surface area contributed by atoms with E-state index in [1.165, 1.54) is 12.1 Å². The van der Waals surface area contributed by atoms with Gasteiger partial charge < -0.3 is 10.1 Å². The summed E-state index contributed by atoms with van der Waals surface area (Å²) in [5, 5.41) is 4.01. The molecule has 2 aromatic rings. The van der Waals surface area contributed by atoms with Gasteiger partial charge in [0.05, 0.1) is 13.2 Å². The molecular formula is C17H19ClFNO. The number of methoxy groups -OCH3 is 1. The summed E-state index contributed by atoms with van der Waals surface area (Å²) < 4.78 is 19.0. The number of aryl methyl sites for hydroxylation is 1. The Morgan fingerprint density at radius 3 is 2.57 bits per heavy atom. The second-order valence-corrected chi connectivity index (χ2v) is 5.31. The third-order valence-corrected chi connectivity index (χ3v) is 3.71. The van der Waals surface area contributed by atoms with Crippen molar-refractivity contribution in [2.45, 2.75) is 19.9 Å². The van der Waals surface area contributed by atoms with Crippen LogP contribution in [0.25, 0.3) is 0 Å². The van der Waals surface area contributed by atoms with Gasteiger partial charge in [-0.1, -0.05) is 30.7 Å². The SMILES string of the molecule is CCNC(c1ccc(C)cc1Cl)c1cc(F)ccc1OC. The molecule has 2 aromatic carbocycles. The van der Waals surface area contributed by atoms with Crippen LogP contribution >= 0.6 is 11.6 Å². The maximum absolute atomic E-state index is 13.6. The summed E-state index contributed by atoms with van der Waals surface area (Å²) in [5.74, 6) is 0.343. The molecule has 0 bridgehead atoms. The van der Waals surface area contributed by atoms with Gasteiger partial charge in [0.2, 0.25) is 0 Å². The first kappa shape index (κ1) is 15.8. The van der Waals surface area contributed by atoms with Crippen LogP contribution in [0, 0.1) is 12.7 Å². The van der Waals surface area contributed by atoms with Crippen LogP contribution in [-0.4, -0.2) is 13.7 Å². The molecule has 2 rings (SSSR count). The lowest BCUT2D eigenvalue weighted by Gasteiger charge is -2.22. The van der Waals surface area contributed by atoms with Crippen LogP contribution in [0.5, 0.6) is 5.75 Å². The molecule has 0 radical (unpaired) electrons. The predicted molar refractivity (Wildman–Crippen MR) is 84.7 cm³/mol. The molecule has 0 aliphatic carbocycles. The summed E-state index contributed by atoms with van der Waals surface area (Å²) in [6.07, 6.45) is 0. The molecule has 0 aliphatic rings. The summed E-state index contributed by atoms with van der Waals surface area (Å²) in [4.78, 5) is 0. The molecular weight excluding hydrogens is 289 g/mol. The van der Waals surface area contributed by atoms with Gasteiger partial charge in [0.15, 0.2) is 0 Å². The molecule has 1 unspecified atom stereocenters. The second-order valence-electron chi connectivity index (χ2n) is 4.90. The van der Waals surface area contributed by atoms with E-state index in [1.54, 1.807) is 13.2 Å². The van der Waals surface area contributed by atoms with E-state index in [0.29, 0.717) is 10.8 Å². The molecule has 2 nitrogen and oxygen atoms in total. The van der Waals surface area contributed by atoms with Gasteiger partial charge in [0, 0.05) is 10.6 Å². The Morgan fingerprint density at radius 2 is 1.95 bits per heavy atom. The monoisotopic (exact) mass is 307 g/mol. The Balaban J connectivity index is 2.55. The zero-order valence-electron chi connectivity index (χ0n) is 12.4. The van der Waals surface area contributed by atoms with Crippen LogP contribution in [0.1, 0.15) is 29.7 Å². The van der Waals surface area contributed by atoms with E-state index in [1.807, 2.05) is 32.0 Å². The van der Waals surface area contributed by atoms with Crippen molar-refractivity contribution in [3.05, 3.63) is 63.9 Å². The number of benzene rings is 2. The van der Waals surface area contributed by atoms with E-state index in [0.717, 1.165) is 23.2 Å². The van der Waals surface area contributed by atoms with E-state index < -0.39 is 0 Å². The van der Waals surface area contributed by atoms with Crippen LogP contribution < -0.4 is 10.1 Å². The zero-order chi connectivity index (χ0) is 15.4. The largest absolute Gasteiger partial charge is 0.496 e. The minimum Gasteiger partial charge on any atom is -0.496 e. The molecule has 0 spiro atoms. The van der Waals surface area contributed by atoms with Crippen molar-refractivity contribution in [1.82, 2.24) is 5.32 Å². The van der Waals surface area contributed by atoms with E-state index in [4.69, 9.17) is 16.3 Å². The van der Waals surface area contributed by atoms with Gasteiger partial charge in [-0.15, -0.1) is 0 Å². The molecule has 0 aliphatic heterocycles. The van der Waals surface area contributed by atoms with Crippen LogP contribution in [0.3, 0.4) is 0 Å². The fraction of sp³-hybridized carbons (Fsp3) is 0.294. The van der Waals surface area contributed by atoms with Crippen molar-refractivity contribution in [1.29, 1.82) is 0 Å². The normalized spacial score (nSPS) is 12.2. The highest BCUT2D eigenvalue weighted by atomic mass is 35.5. The molecule has 4 heteroatoms. The highest BCUT2D eigenvalue weighted by Crippen LogP contribution is 2.34. The second kappa shape index (κ2) is 6.92. The zero-order valence-corrected chi connectivity index (χ0v) is 13.2.